The molecule has 0 aliphatic heterocycles. The van der Waals surface area contributed by atoms with Crippen molar-refractivity contribution in [1.82, 2.24) is 4.90 Å². The van der Waals surface area contributed by atoms with Crippen LogP contribution in [0.1, 0.15) is 17.2 Å². The van der Waals surface area contributed by atoms with Gasteiger partial charge in [0.2, 0.25) is 0 Å². The van der Waals surface area contributed by atoms with E-state index in [1.807, 2.05) is 45.3 Å². The molecule has 0 aromatic heterocycles. The summed E-state index contributed by atoms with van der Waals surface area (Å²) in [6.45, 7) is 3.90. The monoisotopic (exact) mass is 223 g/mol. The summed E-state index contributed by atoms with van der Waals surface area (Å²) in [5.41, 5.74) is 2.08. The van der Waals surface area contributed by atoms with Crippen LogP contribution in [0.15, 0.2) is 24.3 Å². The Bertz CT molecular complexity index is 313. The number of hydrogen-bond acceptors (Lipinski definition) is 3. The van der Waals surface area contributed by atoms with Crippen LogP contribution in [-0.4, -0.2) is 43.9 Å². The van der Waals surface area contributed by atoms with Crippen molar-refractivity contribution in [1.29, 1.82) is 0 Å². The molecule has 0 spiro atoms. The van der Waals surface area contributed by atoms with Gasteiger partial charge >= 0.3 is 0 Å². The molecule has 1 unspecified atom stereocenters. The fraction of sp³-hybridized carbons (Fsp3) is 0.538. The van der Waals surface area contributed by atoms with E-state index in [-0.39, 0.29) is 0 Å². The van der Waals surface area contributed by atoms with Gasteiger partial charge in [0.1, 0.15) is 6.10 Å². The van der Waals surface area contributed by atoms with E-state index in [1.165, 1.54) is 0 Å². The zero-order valence-electron chi connectivity index (χ0n) is 10.3. The zero-order valence-corrected chi connectivity index (χ0v) is 10.3. The lowest BCUT2D eigenvalue weighted by molar-refractivity contribution is 0.0306. The molecule has 0 aliphatic carbocycles. The molecule has 1 aromatic rings. The van der Waals surface area contributed by atoms with E-state index in [0.29, 0.717) is 13.2 Å². The van der Waals surface area contributed by atoms with Crippen LogP contribution in [0, 0.1) is 6.92 Å². The molecule has 0 bridgehead atoms. The average Bonchev–Trinajstić information content (AvgIpc) is 2.24. The molecule has 0 radical (unpaired) electrons. The quantitative estimate of drug-likeness (QED) is 0.744. The van der Waals surface area contributed by atoms with Crippen LogP contribution in [0.5, 0.6) is 0 Å². The molecule has 1 N–H and O–H groups in total. The summed E-state index contributed by atoms with van der Waals surface area (Å²) in [5, 5.41) is 9.87. The molecular formula is C13H21NO2. The van der Waals surface area contributed by atoms with Gasteiger partial charge in [-0.2, -0.15) is 0 Å². The van der Waals surface area contributed by atoms with Crippen LogP contribution in [-0.2, 0) is 4.74 Å². The summed E-state index contributed by atoms with van der Waals surface area (Å²) in [4.78, 5) is 2.05. The Labute approximate surface area is 97.7 Å². The molecule has 0 amide bonds. The van der Waals surface area contributed by atoms with Gasteiger partial charge in [-0.3, -0.25) is 0 Å². The predicted octanol–water partition coefficient (Wildman–Crippen LogP) is 1.61. The van der Waals surface area contributed by atoms with Gasteiger partial charge in [-0.15, -0.1) is 0 Å². The summed E-state index contributed by atoms with van der Waals surface area (Å²) in [6.07, 6.45) is -0.526. The molecule has 0 heterocycles. The minimum absolute atomic E-state index is 0.358. The first-order valence-corrected chi connectivity index (χ1v) is 5.56. The van der Waals surface area contributed by atoms with Gasteiger partial charge in [0, 0.05) is 6.54 Å². The van der Waals surface area contributed by atoms with Gasteiger partial charge in [0.15, 0.2) is 0 Å². The number of aliphatic hydroxyl groups is 1. The Kier molecular flexibility index (Phi) is 5.46. The van der Waals surface area contributed by atoms with Crippen LogP contribution in [0.25, 0.3) is 0 Å². The van der Waals surface area contributed by atoms with E-state index < -0.39 is 6.10 Å². The van der Waals surface area contributed by atoms with Crippen molar-refractivity contribution < 1.29 is 9.84 Å². The Hall–Kier alpha value is -0.900. The minimum atomic E-state index is -0.526. The molecule has 90 valence electrons. The molecule has 1 aromatic carbocycles. The van der Waals surface area contributed by atoms with Crippen molar-refractivity contribution >= 4 is 0 Å². The van der Waals surface area contributed by atoms with Gasteiger partial charge in [0.05, 0.1) is 13.2 Å². The summed E-state index contributed by atoms with van der Waals surface area (Å²) in [6, 6.07) is 7.88. The van der Waals surface area contributed by atoms with E-state index in [2.05, 4.69) is 4.90 Å². The first-order valence-electron chi connectivity index (χ1n) is 5.56. The first-order chi connectivity index (χ1) is 7.59. The number of ether oxygens (including phenoxy) is 1. The highest BCUT2D eigenvalue weighted by molar-refractivity contribution is 5.23. The van der Waals surface area contributed by atoms with Crippen LogP contribution in [0.2, 0.25) is 0 Å². The third-order valence-electron chi connectivity index (χ3n) is 2.39. The second-order valence-corrected chi connectivity index (χ2v) is 4.31. The highest BCUT2D eigenvalue weighted by Crippen LogP contribution is 2.14. The number of aryl methyl sites for hydroxylation is 1. The Morgan fingerprint density at radius 3 is 2.75 bits per heavy atom. The molecule has 0 fully saturated rings. The maximum atomic E-state index is 9.87. The van der Waals surface area contributed by atoms with Crippen LogP contribution >= 0.6 is 0 Å². The summed E-state index contributed by atoms with van der Waals surface area (Å²) in [7, 11) is 4.00. The molecule has 3 heteroatoms. The maximum Gasteiger partial charge on any atom is 0.102 e. The maximum absolute atomic E-state index is 9.87. The first kappa shape index (κ1) is 13.2. The number of hydrogen-bond donors (Lipinski definition) is 1. The van der Waals surface area contributed by atoms with Gasteiger partial charge in [-0.05, 0) is 26.6 Å². The van der Waals surface area contributed by atoms with Gasteiger partial charge < -0.3 is 14.7 Å². The summed E-state index contributed by atoms with van der Waals surface area (Å²) < 4.78 is 5.41. The number of nitrogens with zero attached hydrogens (tertiary/aromatic N) is 1. The Balaban J connectivity index is 2.32. The average molecular weight is 223 g/mol. The van der Waals surface area contributed by atoms with Crippen molar-refractivity contribution in [2.45, 2.75) is 13.0 Å². The molecule has 1 atom stereocenters. The predicted molar refractivity (Wildman–Crippen MR) is 65.5 cm³/mol. The van der Waals surface area contributed by atoms with Crippen molar-refractivity contribution in [2.75, 3.05) is 33.9 Å². The van der Waals surface area contributed by atoms with Gasteiger partial charge in [-0.25, -0.2) is 0 Å². The highest BCUT2D eigenvalue weighted by atomic mass is 16.5. The zero-order chi connectivity index (χ0) is 12.0. The van der Waals surface area contributed by atoms with Crippen molar-refractivity contribution in [2.24, 2.45) is 0 Å². The molecule has 1 rings (SSSR count). The fourth-order valence-electron chi connectivity index (χ4n) is 1.42. The van der Waals surface area contributed by atoms with Crippen LogP contribution < -0.4 is 0 Å². The van der Waals surface area contributed by atoms with E-state index in [1.54, 1.807) is 0 Å². The lowest BCUT2D eigenvalue weighted by Gasteiger charge is -2.14. The smallest absolute Gasteiger partial charge is 0.102 e. The van der Waals surface area contributed by atoms with Crippen molar-refractivity contribution in [3.05, 3.63) is 35.4 Å². The second kappa shape index (κ2) is 6.63. The topological polar surface area (TPSA) is 32.7 Å². The lowest BCUT2D eigenvalue weighted by atomic mass is 10.1. The molecule has 0 saturated carbocycles. The molecule has 3 nitrogen and oxygen atoms in total. The molecule has 0 aliphatic rings. The Morgan fingerprint density at radius 1 is 1.38 bits per heavy atom. The lowest BCUT2D eigenvalue weighted by Crippen LogP contribution is -2.19. The molecule has 16 heavy (non-hydrogen) atoms. The summed E-state index contributed by atoms with van der Waals surface area (Å²) in [5.74, 6) is 0. The van der Waals surface area contributed by atoms with Crippen LogP contribution in [0.3, 0.4) is 0 Å². The normalized spacial score (nSPS) is 13.1. The minimum Gasteiger partial charge on any atom is -0.386 e. The SMILES string of the molecule is Cc1cccc(C(O)COCCN(C)C)c1. The number of aliphatic hydroxyl groups excluding tert-OH is 1. The van der Waals surface area contributed by atoms with E-state index >= 15 is 0 Å². The summed E-state index contributed by atoms with van der Waals surface area (Å²) >= 11 is 0. The highest BCUT2D eigenvalue weighted by Gasteiger charge is 2.07. The van der Waals surface area contributed by atoms with Gasteiger partial charge in [-0.1, -0.05) is 29.8 Å². The standard InChI is InChI=1S/C13H21NO2/c1-11-5-4-6-12(9-11)13(15)10-16-8-7-14(2)3/h4-6,9,13,15H,7-8,10H2,1-3H3. The second-order valence-electron chi connectivity index (χ2n) is 4.31. The third kappa shape index (κ3) is 4.75. The van der Waals surface area contributed by atoms with E-state index in [0.717, 1.165) is 17.7 Å². The number of likely N-dealkylation sites (N-methyl/N-ethyl adjacent to an activating group) is 1. The Morgan fingerprint density at radius 2 is 2.12 bits per heavy atom. The molecule has 0 saturated heterocycles. The largest absolute Gasteiger partial charge is 0.386 e. The molecular weight excluding hydrogens is 202 g/mol. The van der Waals surface area contributed by atoms with Crippen molar-refractivity contribution in [3.63, 3.8) is 0 Å². The van der Waals surface area contributed by atoms with Gasteiger partial charge in [0.25, 0.3) is 0 Å². The van der Waals surface area contributed by atoms with E-state index in [9.17, 15) is 5.11 Å². The van der Waals surface area contributed by atoms with Crippen LogP contribution in [0.4, 0.5) is 0 Å². The third-order valence-corrected chi connectivity index (χ3v) is 2.39. The number of rotatable bonds is 6. The number of benzene rings is 1. The van der Waals surface area contributed by atoms with Crippen molar-refractivity contribution in [3.8, 4) is 0 Å². The van der Waals surface area contributed by atoms with E-state index in [4.69, 9.17) is 4.74 Å². The fourth-order valence-corrected chi connectivity index (χ4v) is 1.42.